The highest BCUT2D eigenvalue weighted by Crippen LogP contribution is 2.47. The second-order valence-corrected chi connectivity index (χ2v) is 18.5. The van der Waals surface area contributed by atoms with Gasteiger partial charge in [0.05, 0.1) is 31.3 Å². The molecule has 0 heterocycles. The van der Waals surface area contributed by atoms with Gasteiger partial charge in [-0.2, -0.15) is 0 Å². The molecule has 0 bridgehead atoms. The van der Waals surface area contributed by atoms with Crippen LogP contribution in [0, 0.1) is 0 Å². The molecular weight excluding hydrogens is 801 g/mol. The number of phosphoric acid groups is 1. The van der Waals surface area contributed by atoms with Crippen LogP contribution >= 0.6 is 7.82 Å². The maximum absolute atomic E-state index is 13.0. The molecule has 8 atom stereocenters. The van der Waals surface area contributed by atoms with Crippen molar-refractivity contribution in [3.63, 3.8) is 0 Å². The largest absolute Gasteiger partial charge is 0.472 e. The van der Waals surface area contributed by atoms with Crippen LogP contribution in [0.2, 0.25) is 0 Å². The molecule has 358 valence electrons. The molecule has 61 heavy (non-hydrogen) atoms. The van der Waals surface area contributed by atoms with Gasteiger partial charge in [0.2, 0.25) is 5.91 Å². The first kappa shape index (κ1) is 57.5. The third-order valence-electron chi connectivity index (χ3n) is 11.5. The van der Waals surface area contributed by atoms with Gasteiger partial charge in [-0.25, -0.2) is 4.57 Å². The van der Waals surface area contributed by atoms with Crippen LogP contribution in [0.25, 0.3) is 0 Å². The van der Waals surface area contributed by atoms with Crippen LogP contribution in [-0.4, -0.2) is 108 Å². The Labute approximate surface area is 368 Å². The van der Waals surface area contributed by atoms with Gasteiger partial charge in [0.15, 0.2) is 0 Å². The first-order valence-electron chi connectivity index (χ1n) is 24.0. The summed E-state index contributed by atoms with van der Waals surface area (Å²) in [4.78, 5) is 23.4. The van der Waals surface area contributed by atoms with Crippen molar-refractivity contribution in [2.24, 2.45) is 0 Å². The first-order valence-corrected chi connectivity index (χ1v) is 25.5. The van der Waals surface area contributed by atoms with E-state index in [1.807, 2.05) is 0 Å². The van der Waals surface area contributed by atoms with E-state index in [1.54, 1.807) is 6.08 Å². The molecule has 1 saturated carbocycles. The Kier molecular flexibility index (Phi) is 34.7. The SMILES string of the molecule is CCCCCCC/C=C/CC/C=C/CC/C=C/C(O)C(COP(=O)(O)OC1C(O)C(O)C(O)C(O)C1O)NC(=O)CC(O)CCCCCCCCCCCCCCCCCC. The molecule has 0 aromatic rings. The second-order valence-electron chi connectivity index (χ2n) is 17.1. The van der Waals surface area contributed by atoms with Crippen LogP contribution in [0.15, 0.2) is 36.5 Å². The predicted octanol–water partition coefficient (Wildman–Crippen LogP) is 8.14. The van der Waals surface area contributed by atoms with Crippen LogP contribution in [0.5, 0.6) is 0 Å². The smallest absolute Gasteiger partial charge is 0.393 e. The maximum Gasteiger partial charge on any atom is 0.472 e. The van der Waals surface area contributed by atoms with E-state index in [4.69, 9.17) is 9.05 Å². The average Bonchev–Trinajstić information content (AvgIpc) is 3.23. The number of hydrogen-bond donors (Lipinski definition) is 9. The number of carbonyl (C=O) groups excluding carboxylic acids is 1. The first-order chi connectivity index (χ1) is 29.3. The fourth-order valence-corrected chi connectivity index (χ4v) is 8.47. The predicted molar refractivity (Wildman–Crippen MR) is 243 cm³/mol. The van der Waals surface area contributed by atoms with E-state index >= 15 is 0 Å². The molecule has 8 unspecified atom stereocenters. The lowest BCUT2D eigenvalue weighted by atomic mass is 9.85. The standard InChI is InChI=1S/C47H88NO12P/c1-3-5-7-9-11-13-15-17-19-21-22-24-26-28-30-32-34-38(49)36-41(51)48-39(37-59-61(57,58)60-47-45(55)43(53)42(52)44(54)46(47)56)40(50)35-33-31-29-27-25-23-20-18-16-14-12-10-8-6-4-2/h16,18,25,27,33,35,38-40,42-47,49-50,52-56H,3-15,17,19-24,26,28-32,34,36-37H2,1-2H3,(H,48,51)(H,57,58)/b18-16+,27-25+,35-33+. The number of unbranched alkanes of at least 4 members (excludes halogenated alkanes) is 22. The molecule has 14 heteroatoms. The topological polar surface area (TPSA) is 226 Å². The number of amides is 1. The summed E-state index contributed by atoms with van der Waals surface area (Å²) in [5.74, 6) is -0.606. The average molecular weight is 890 g/mol. The summed E-state index contributed by atoms with van der Waals surface area (Å²) in [5, 5.41) is 74.5. The highest BCUT2D eigenvalue weighted by molar-refractivity contribution is 7.47. The molecule has 1 aliphatic rings. The Balaban J connectivity index is 2.56. The van der Waals surface area contributed by atoms with E-state index in [9.17, 15) is 50.0 Å². The number of carbonyl (C=O) groups is 1. The zero-order valence-corrected chi connectivity index (χ0v) is 38.7. The van der Waals surface area contributed by atoms with E-state index in [-0.39, 0.29) is 6.42 Å². The van der Waals surface area contributed by atoms with Gasteiger partial charge in [-0.3, -0.25) is 13.8 Å². The second kappa shape index (κ2) is 36.8. The number of phosphoric ester groups is 1. The summed E-state index contributed by atoms with van der Waals surface area (Å²) in [6, 6.07) is -1.26. The number of allylic oxidation sites excluding steroid dienone is 5. The van der Waals surface area contributed by atoms with Crippen LogP contribution in [0.3, 0.4) is 0 Å². The molecule has 1 rings (SSSR count). The molecule has 0 radical (unpaired) electrons. The fraction of sp³-hybridized carbons (Fsp3) is 0.851. The lowest BCUT2D eigenvalue weighted by Crippen LogP contribution is -2.64. The van der Waals surface area contributed by atoms with E-state index in [1.165, 1.54) is 115 Å². The molecular formula is C47H88NO12P. The van der Waals surface area contributed by atoms with E-state index in [0.717, 1.165) is 44.9 Å². The molecule has 0 spiro atoms. The molecule has 1 fully saturated rings. The van der Waals surface area contributed by atoms with Gasteiger partial charge in [-0.05, 0) is 44.9 Å². The minimum absolute atomic E-state index is 0.254. The summed E-state index contributed by atoms with van der Waals surface area (Å²) in [5.41, 5.74) is 0. The third kappa shape index (κ3) is 28.8. The zero-order valence-electron chi connectivity index (χ0n) is 37.8. The molecule has 0 aromatic heterocycles. The van der Waals surface area contributed by atoms with Gasteiger partial charge in [0.25, 0.3) is 0 Å². The number of aliphatic hydroxyl groups is 7. The lowest BCUT2D eigenvalue weighted by molar-refractivity contribution is -0.220. The van der Waals surface area contributed by atoms with Gasteiger partial charge in [-0.15, -0.1) is 0 Å². The molecule has 0 aromatic carbocycles. The number of nitrogens with one attached hydrogen (secondary N) is 1. The van der Waals surface area contributed by atoms with E-state index in [0.29, 0.717) is 19.3 Å². The van der Waals surface area contributed by atoms with Crippen molar-refractivity contribution in [2.45, 2.75) is 249 Å². The van der Waals surface area contributed by atoms with Gasteiger partial charge in [0.1, 0.15) is 36.6 Å². The lowest BCUT2D eigenvalue weighted by Gasteiger charge is -2.41. The molecule has 1 amide bonds. The van der Waals surface area contributed by atoms with Crippen LogP contribution < -0.4 is 5.32 Å². The summed E-state index contributed by atoms with van der Waals surface area (Å²) in [6.07, 6.45) is 28.0. The Hall–Kier alpha value is -1.48. The Bertz CT molecular complexity index is 1190. The molecule has 1 aliphatic carbocycles. The van der Waals surface area contributed by atoms with Gasteiger partial charge in [0, 0.05) is 0 Å². The summed E-state index contributed by atoms with van der Waals surface area (Å²) >= 11 is 0. The number of hydrogen-bond acceptors (Lipinski definition) is 11. The van der Waals surface area contributed by atoms with Crippen molar-refractivity contribution in [2.75, 3.05) is 6.61 Å². The number of aliphatic hydroxyl groups excluding tert-OH is 7. The molecule has 13 nitrogen and oxygen atoms in total. The van der Waals surface area contributed by atoms with Crippen LogP contribution in [0.4, 0.5) is 0 Å². The quantitative estimate of drug-likeness (QED) is 0.0162. The maximum atomic E-state index is 13.0. The van der Waals surface area contributed by atoms with Crippen LogP contribution in [-0.2, 0) is 18.4 Å². The summed E-state index contributed by atoms with van der Waals surface area (Å²) < 4.78 is 22.9. The Morgan fingerprint density at radius 3 is 1.44 bits per heavy atom. The highest BCUT2D eigenvalue weighted by atomic mass is 31.2. The van der Waals surface area contributed by atoms with E-state index in [2.05, 4.69) is 43.5 Å². The fourth-order valence-electron chi connectivity index (χ4n) is 7.51. The van der Waals surface area contributed by atoms with Crippen molar-refractivity contribution in [3.8, 4) is 0 Å². The van der Waals surface area contributed by atoms with Crippen molar-refractivity contribution < 1.29 is 59.0 Å². The molecule has 0 aliphatic heterocycles. The van der Waals surface area contributed by atoms with Crippen molar-refractivity contribution >= 4 is 13.7 Å². The third-order valence-corrected chi connectivity index (χ3v) is 12.4. The zero-order chi connectivity index (χ0) is 45.1. The van der Waals surface area contributed by atoms with Gasteiger partial charge in [-0.1, -0.05) is 179 Å². The van der Waals surface area contributed by atoms with Gasteiger partial charge < -0.3 is 46.0 Å². The summed E-state index contributed by atoms with van der Waals surface area (Å²) in [7, 11) is -5.15. The molecule has 9 N–H and O–H groups in total. The monoisotopic (exact) mass is 890 g/mol. The van der Waals surface area contributed by atoms with Gasteiger partial charge >= 0.3 is 7.82 Å². The molecule has 0 saturated heterocycles. The van der Waals surface area contributed by atoms with Crippen molar-refractivity contribution in [1.82, 2.24) is 5.32 Å². The minimum atomic E-state index is -5.15. The van der Waals surface area contributed by atoms with E-state index < -0.39 is 75.2 Å². The Morgan fingerprint density at radius 1 is 0.574 bits per heavy atom. The normalized spacial score (nSPS) is 23.5. The Morgan fingerprint density at radius 2 is 0.967 bits per heavy atom. The summed E-state index contributed by atoms with van der Waals surface area (Å²) in [6.45, 7) is 3.71. The minimum Gasteiger partial charge on any atom is -0.393 e. The van der Waals surface area contributed by atoms with Crippen molar-refractivity contribution in [1.29, 1.82) is 0 Å². The highest BCUT2D eigenvalue weighted by Gasteiger charge is 2.51. The number of rotatable bonds is 39. The van der Waals surface area contributed by atoms with Crippen molar-refractivity contribution in [3.05, 3.63) is 36.5 Å². The van der Waals surface area contributed by atoms with Crippen LogP contribution in [0.1, 0.15) is 194 Å².